The molecule has 0 atom stereocenters. The van der Waals surface area contributed by atoms with Gasteiger partial charge in [-0.2, -0.15) is 4.31 Å². The Morgan fingerprint density at radius 3 is 2.32 bits per heavy atom. The Kier molecular flexibility index (Phi) is 5.41. The fourth-order valence-corrected chi connectivity index (χ4v) is 4.33. The number of nitrogens with zero attached hydrogens (tertiary/aromatic N) is 2. The van der Waals surface area contributed by atoms with E-state index in [1.54, 1.807) is 53.4 Å². The van der Waals surface area contributed by atoms with Crippen LogP contribution in [0.25, 0.3) is 6.08 Å². The van der Waals surface area contributed by atoms with E-state index in [1.807, 2.05) is 0 Å². The van der Waals surface area contributed by atoms with Gasteiger partial charge >= 0.3 is 0 Å². The molecule has 1 aliphatic heterocycles. The van der Waals surface area contributed by atoms with Crippen LogP contribution in [0.15, 0.2) is 62.5 Å². The van der Waals surface area contributed by atoms with E-state index in [0.717, 1.165) is 0 Å². The molecule has 1 aromatic heterocycles. The SMILES string of the molecule is O=C(/C=C/c1ccc(Br)o1)N1CCN(S(=O)(=O)c2ccccc2)CC1. The number of carbonyl (C=O) groups excluding carboxylic acids is 1. The molecule has 0 spiro atoms. The third-order valence-electron chi connectivity index (χ3n) is 3.92. The van der Waals surface area contributed by atoms with Crippen molar-refractivity contribution in [3.8, 4) is 0 Å². The van der Waals surface area contributed by atoms with Crippen molar-refractivity contribution in [3.05, 3.63) is 59.0 Å². The summed E-state index contributed by atoms with van der Waals surface area (Å²) in [6, 6.07) is 11.8. The monoisotopic (exact) mass is 424 g/mol. The highest BCUT2D eigenvalue weighted by molar-refractivity contribution is 9.10. The van der Waals surface area contributed by atoms with Gasteiger partial charge in [-0.15, -0.1) is 0 Å². The lowest BCUT2D eigenvalue weighted by Gasteiger charge is -2.33. The number of piperazine rings is 1. The molecule has 1 aromatic carbocycles. The summed E-state index contributed by atoms with van der Waals surface area (Å²) in [6.45, 7) is 1.28. The van der Waals surface area contributed by atoms with E-state index in [0.29, 0.717) is 23.5 Å². The van der Waals surface area contributed by atoms with E-state index in [9.17, 15) is 13.2 Å². The van der Waals surface area contributed by atoms with Crippen molar-refractivity contribution in [2.75, 3.05) is 26.2 Å². The standard InChI is InChI=1S/C17H17BrN2O4S/c18-16-8-6-14(24-16)7-9-17(21)19-10-12-20(13-11-19)25(22,23)15-4-2-1-3-5-15/h1-9H,10-13H2/b9-7+. The van der Waals surface area contributed by atoms with Gasteiger partial charge < -0.3 is 9.32 Å². The zero-order valence-electron chi connectivity index (χ0n) is 13.3. The molecule has 1 aliphatic rings. The van der Waals surface area contributed by atoms with Crippen molar-refractivity contribution in [2.24, 2.45) is 0 Å². The van der Waals surface area contributed by atoms with Crippen LogP contribution >= 0.6 is 15.9 Å². The summed E-state index contributed by atoms with van der Waals surface area (Å²) in [7, 11) is -3.51. The molecule has 1 amide bonds. The quantitative estimate of drug-likeness (QED) is 0.707. The molecule has 1 fully saturated rings. The van der Waals surface area contributed by atoms with E-state index in [-0.39, 0.29) is 23.9 Å². The first kappa shape index (κ1) is 17.9. The van der Waals surface area contributed by atoms with Crippen LogP contribution < -0.4 is 0 Å². The number of furan rings is 1. The highest BCUT2D eigenvalue weighted by atomic mass is 79.9. The summed E-state index contributed by atoms with van der Waals surface area (Å²) in [5.74, 6) is 0.412. The highest BCUT2D eigenvalue weighted by Crippen LogP contribution is 2.18. The number of hydrogen-bond acceptors (Lipinski definition) is 4. The number of hydrogen-bond donors (Lipinski definition) is 0. The van der Waals surface area contributed by atoms with Gasteiger partial charge in [-0.1, -0.05) is 18.2 Å². The number of carbonyl (C=O) groups is 1. The molecule has 2 aromatic rings. The summed E-state index contributed by atoms with van der Waals surface area (Å²) in [4.78, 5) is 14.1. The molecule has 0 N–H and O–H groups in total. The molecule has 1 saturated heterocycles. The maximum atomic E-state index is 12.6. The van der Waals surface area contributed by atoms with Crippen LogP contribution in [0.1, 0.15) is 5.76 Å². The summed E-state index contributed by atoms with van der Waals surface area (Å²) in [5.41, 5.74) is 0. The predicted octanol–water partition coefficient (Wildman–Crippen LogP) is 2.59. The van der Waals surface area contributed by atoms with Crippen molar-refractivity contribution >= 4 is 37.9 Å². The normalized spacial score (nSPS) is 16.4. The number of amides is 1. The molecule has 6 nitrogen and oxygen atoms in total. The molecule has 0 unspecified atom stereocenters. The van der Waals surface area contributed by atoms with Crippen molar-refractivity contribution in [2.45, 2.75) is 4.90 Å². The average Bonchev–Trinajstić information content (AvgIpc) is 3.06. The van der Waals surface area contributed by atoms with Gasteiger partial charge in [0, 0.05) is 32.3 Å². The lowest BCUT2D eigenvalue weighted by molar-refractivity contribution is -0.127. The molecule has 0 radical (unpaired) electrons. The largest absolute Gasteiger partial charge is 0.450 e. The van der Waals surface area contributed by atoms with Gasteiger partial charge in [0.2, 0.25) is 15.9 Å². The second-order valence-electron chi connectivity index (χ2n) is 5.52. The number of halogens is 1. The molecule has 0 bridgehead atoms. The van der Waals surface area contributed by atoms with Crippen LogP contribution in [0.2, 0.25) is 0 Å². The molecule has 3 rings (SSSR count). The lowest BCUT2D eigenvalue weighted by Crippen LogP contribution is -2.50. The van der Waals surface area contributed by atoms with Crippen LogP contribution in [0.5, 0.6) is 0 Å². The Labute approximate surface area is 154 Å². The molecular formula is C17H17BrN2O4S. The molecular weight excluding hydrogens is 408 g/mol. The average molecular weight is 425 g/mol. The molecule has 8 heteroatoms. The maximum absolute atomic E-state index is 12.6. The lowest BCUT2D eigenvalue weighted by atomic mass is 10.3. The third-order valence-corrected chi connectivity index (χ3v) is 6.25. The summed E-state index contributed by atoms with van der Waals surface area (Å²) in [5, 5.41) is 0. The fourth-order valence-electron chi connectivity index (χ4n) is 2.57. The first-order valence-electron chi connectivity index (χ1n) is 7.74. The minimum absolute atomic E-state index is 0.163. The van der Waals surface area contributed by atoms with Gasteiger partial charge in [0.05, 0.1) is 4.90 Å². The minimum Gasteiger partial charge on any atom is -0.450 e. The first-order valence-corrected chi connectivity index (χ1v) is 9.98. The van der Waals surface area contributed by atoms with E-state index in [1.165, 1.54) is 10.4 Å². The van der Waals surface area contributed by atoms with E-state index in [4.69, 9.17) is 4.42 Å². The molecule has 2 heterocycles. The molecule has 132 valence electrons. The topological polar surface area (TPSA) is 70.8 Å². The Morgan fingerprint density at radius 2 is 1.72 bits per heavy atom. The van der Waals surface area contributed by atoms with Gasteiger partial charge in [0.1, 0.15) is 5.76 Å². The minimum atomic E-state index is -3.51. The van der Waals surface area contributed by atoms with Crippen LogP contribution in [0.4, 0.5) is 0 Å². The highest BCUT2D eigenvalue weighted by Gasteiger charge is 2.29. The van der Waals surface area contributed by atoms with Gasteiger partial charge in [-0.05, 0) is 46.3 Å². The zero-order chi connectivity index (χ0) is 17.9. The molecule has 0 saturated carbocycles. The van der Waals surface area contributed by atoms with Gasteiger partial charge in [0.15, 0.2) is 4.67 Å². The second-order valence-corrected chi connectivity index (χ2v) is 8.24. The second kappa shape index (κ2) is 7.55. The van der Waals surface area contributed by atoms with Gasteiger partial charge in [0.25, 0.3) is 0 Å². The van der Waals surface area contributed by atoms with E-state index < -0.39 is 10.0 Å². The summed E-state index contributed by atoms with van der Waals surface area (Å²) < 4.78 is 32.5. The number of rotatable bonds is 4. The van der Waals surface area contributed by atoms with Crippen LogP contribution in [-0.4, -0.2) is 49.7 Å². The smallest absolute Gasteiger partial charge is 0.246 e. The zero-order valence-corrected chi connectivity index (χ0v) is 15.7. The fraction of sp³-hybridized carbons (Fsp3) is 0.235. The van der Waals surface area contributed by atoms with Crippen molar-refractivity contribution in [1.29, 1.82) is 0 Å². The summed E-state index contributed by atoms with van der Waals surface area (Å²) in [6.07, 6.45) is 3.03. The number of sulfonamides is 1. The van der Waals surface area contributed by atoms with E-state index >= 15 is 0 Å². The number of benzene rings is 1. The Hall–Kier alpha value is -1.90. The predicted molar refractivity (Wildman–Crippen MR) is 97.2 cm³/mol. The Morgan fingerprint density at radius 1 is 1.04 bits per heavy atom. The van der Waals surface area contributed by atoms with Gasteiger partial charge in [-0.3, -0.25) is 4.79 Å². The first-order chi connectivity index (χ1) is 12.0. The van der Waals surface area contributed by atoms with Crippen LogP contribution in [0.3, 0.4) is 0 Å². The van der Waals surface area contributed by atoms with E-state index in [2.05, 4.69) is 15.9 Å². The maximum Gasteiger partial charge on any atom is 0.246 e. The van der Waals surface area contributed by atoms with Crippen LogP contribution in [-0.2, 0) is 14.8 Å². The molecule has 0 aliphatic carbocycles. The van der Waals surface area contributed by atoms with Crippen molar-refractivity contribution < 1.29 is 17.6 Å². The summed E-state index contributed by atoms with van der Waals surface area (Å²) >= 11 is 3.20. The molecule has 25 heavy (non-hydrogen) atoms. The third kappa shape index (κ3) is 4.20. The van der Waals surface area contributed by atoms with Gasteiger partial charge in [-0.25, -0.2) is 8.42 Å². The Balaban J connectivity index is 1.60. The van der Waals surface area contributed by atoms with Crippen molar-refractivity contribution in [1.82, 2.24) is 9.21 Å². The van der Waals surface area contributed by atoms with Crippen LogP contribution in [0, 0.1) is 0 Å². The Bertz CT molecular complexity index is 869. The van der Waals surface area contributed by atoms with Crippen molar-refractivity contribution in [3.63, 3.8) is 0 Å².